The quantitative estimate of drug-likeness (QED) is 0.823. The first-order valence-corrected chi connectivity index (χ1v) is 11.1. The molecule has 6 nitrogen and oxygen atoms in total. The van der Waals surface area contributed by atoms with Crippen molar-refractivity contribution < 1.29 is 14.3 Å². The summed E-state index contributed by atoms with van der Waals surface area (Å²) in [5, 5.41) is 4.11. The summed E-state index contributed by atoms with van der Waals surface area (Å²) >= 11 is 1.65. The minimum Gasteiger partial charge on any atom is -0.479 e. The van der Waals surface area contributed by atoms with Crippen molar-refractivity contribution in [3.05, 3.63) is 28.1 Å². The van der Waals surface area contributed by atoms with Crippen molar-refractivity contribution in [3.8, 4) is 17.0 Å². The number of benzene rings is 1. The lowest BCUT2D eigenvalue weighted by atomic mass is 9.95. The molecule has 1 atom stereocenters. The average Bonchev–Trinajstić information content (AvgIpc) is 3.04. The number of hydrogen-bond acceptors (Lipinski definition) is 5. The number of rotatable bonds is 4. The first-order chi connectivity index (χ1) is 13.9. The molecule has 0 radical (unpaired) electrons. The number of ether oxygens (including phenoxy) is 1. The molecular weight excluding hydrogens is 386 g/mol. The maximum absolute atomic E-state index is 12.8. The number of fused-ring (bicyclic) bond motifs is 1. The first-order valence-electron chi connectivity index (χ1n) is 10.3. The molecule has 2 aromatic rings. The highest BCUT2D eigenvalue weighted by Gasteiger charge is 2.33. The van der Waals surface area contributed by atoms with Gasteiger partial charge in [-0.25, -0.2) is 4.98 Å². The minimum atomic E-state index is -0.612. The smallest absolute Gasteiger partial charge is 0.268 e. The lowest BCUT2D eigenvalue weighted by Gasteiger charge is -2.33. The van der Waals surface area contributed by atoms with E-state index in [0.717, 1.165) is 46.8 Å². The number of anilines is 1. The van der Waals surface area contributed by atoms with Crippen LogP contribution in [0.5, 0.6) is 5.75 Å². The maximum atomic E-state index is 12.8. The second kappa shape index (κ2) is 8.14. The number of aryl methyl sites for hydroxylation is 2. The van der Waals surface area contributed by atoms with Gasteiger partial charge >= 0.3 is 0 Å². The summed E-state index contributed by atoms with van der Waals surface area (Å²) in [7, 11) is 0. The number of carbonyl (C=O) groups is 2. The Hall–Kier alpha value is -2.41. The summed E-state index contributed by atoms with van der Waals surface area (Å²) in [4.78, 5) is 32.8. The van der Waals surface area contributed by atoms with E-state index in [1.165, 1.54) is 6.42 Å². The van der Waals surface area contributed by atoms with E-state index < -0.39 is 6.10 Å². The van der Waals surface area contributed by atoms with Crippen LogP contribution in [0.1, 0.15) is 48.9 Å². The van der Waals surface area contributed by atoms with Crippen molar-refractivity contribution in [1.82, 2.24) is 10.3 Å². The highest BCUT2D eigenvalue weighted by molar-refractivity contribution is 7.11. The van der Waals surface area contributed by atoms with Crippen molar-refractivity contribution in [2.45, 2.75) is 65.0 Å². The Morgan fingerprint density at radius 1 is 1.28 bits per heavy atom. The summed E-state index contributed by atoms with van der Waals surface area (Å²) < 4.78 is 5.79. The van der Waals surface area contributed by atoms with Crippen LogP contribution in [0, 0.1) is 13.8 Å². The van der Waals surface area contributed by atoms with Gasteiger partial charge < -0.3 is 10.1 Å². The van der Waals surface area contributed by atoms with Crippen LogP contribution in [0.3, 0.4) is 0 Å². The Bertz CT molecular complexity index is 933. The molecule has 1 unspecified atom stereocenters. The number of hydrogen-bond donors (Lipinski definition) is 1. The molecule has 0 saturated heterocycles. The van der Waals surface area contributed by atoms with Gasteiger partial charge in [0.1, 0.15) is 12.3 Å². The molecule has 7 heteroatoms. The Balaban J connectivity index is 1.60. The van der Waals surface area contributed by atoms with Crippen LogP contribution in [0.4, 0.5) is 5.69 Å². The van der Waals surface area contributed by atoms with Gasteiger partial charge in [0.15, 0.2) is 6.10 Å². The molecular formula is C22H27N3O3S. The van der Waals surface area contributed by atoms with Crippen molar-refractivity contribution in [2.24, 2.45) is 0 Å². The number of nitrogens with zero attached hydrogens (tertiary/aromatic N) is 2. The van der Waals surface area contributed by atoms with Crippen LogP contribution >= 0.6 is 11.3 Å². The van der Waals surface area contributed by atoms with Crippen LogP contribution in [-0.2, 0) is 9.59 Å². The normalized spacial score (nSPS) is 19.6. The van der Waals surface area contributed by atoms with E-state index in [1.54, 1.807) is 23.2 Å². The molecule has 1 aliphatic heterocycles. The molecule has 1 saturated carbocycles. The monoisotopic (exact) mass is 413 g/mol. The molecule has 29 heavy (non-hydrogen) atoms. The molecule has 1 aromatic heterocycles. The summed E-state index contributed by atoms with van der Waals surface area (Å²) in [6.07, 6.45) is 4.95. The molecule has 1 fully saturated rings. The second-order valence-electron chi connectivity index (χ2n) is 7.91. The predicted molar refractivity (Wildman–Crippen MR) is 114 cm³/mol. The molecule has 0 spiro atoms. The maximum Gasteiger partial charge on any atom is 0.268 e. The third kappa shape index (κ3) is 4.15. The molecule has 2 aliphatic rings. The van der Waals surface area contributed by atoms with Gasteiger partial charge in [-0.05, 0) is 51.8 Å². The fourth-order valence-corrected chi connectivity index (χ4v) is 5.02. The standard InChI is InChI=1S/C22H27N3O3S/c1-13-22(27)25(12-20(26)24-17-7-5-4-6-8-17)18-11-16(9-10-19(18)28-13)21-14(2)29-15(3)23-21/h9-11,13,17H,4-8,12H2,1-3H3,(H,24,26). The van der Waals surface area contributed by atoms with E-state index in [-0.39, 0.29) is 24.4 Å². The fraction of sp³-hybridized carbons (Fsp3) is 0.500. The molecule has 1 aromatic carbocycles. The SMILES string of the molecule is Cc1nc(-c2ccc3c(c2)N(CC(=O)NC2CCCCC2)C(=O)C(C)O3)c(C)s1. The van der Waals surface area contributed by atoms with Crippen molar-refractivity contribution in [3.63, 3.8) is 0 Å². The fourth-order valence-electron chi connectivity index (χ4n) is 4.18. The van der Waals surface area contributed by atoms with Crippen LogP contribution in [0.2, 0.25) is 0 Å². The van der Waals surface area contributed by atoms with Crippen molar-refractivity contribution in [2.75, 3.05) is 11.4 Å². The van der Waals surface area contributed by atoms with E-state index >= 15 is 0 Å². The average molecular weight is 414 g/mol. The molecule has 2 heterocycles. The number of amides is 2. The minimum absolute atomic E-state index is 0.00849. The van der Waals surface area contributed by atoms with Gasteiger partial charge in [0.05, 0.1) is 16.4 Å². The third-order valence-electron chi connectivity index (χ3n) is 5.62. The van der Waals surface area contributed by atoms with E-state index in [1.807, 2.05) is 32.0 Å². The van der Waals surface area contributed by atoms with Gasteiger partial charge in [-0.15, -0.1) is 11.3 Å². The van der Waals surface area contributed by atoms with Crippen molar-refractivity contribution in [1.29, 1.82) is 0 Å². The zero-order chi connectivity index (χ0) is 20.5. The van der Waals surface area contributed by atoms with Gasteiger partial charge in [0.25, 0.3) is 5.91 Å². The van der Waals surface area contributed by atoms with E-state index in [4.69, 9.17) is 4.74 Å². The lowest BCUT2D eigenvalue weighted by Crippen LogP contribution is -2.50. The number of aromatic nitrogens is 1. The summed E-state index contributed by atoms with van der Waals surface area (Å²) in [5.74, 6) is 0.312. The first kappa shape index (κ1) is 19.9. The molecule has 0 bridgehead atoms. The Kier molecular flexibility index (Phi) is 5.58. The molecule has 1 N–H and O–H groups in total. The Labute approximate surface area is 175 Å². The Morgan fingerprint density at radius 3 is 2.72 bits per heavy atom. The number of thiazole rings is 1. The Morgan fingerprint density at radius 2 is 2.03 bits per heavy atom. The van der Waals surface area contributed by atoms with Gasteiger partial charge in [-0.2, -0.15) is 0 Å². The summed E-state index contributed by atoms with van der Waals surface area (Å²) in [6.45, 7) is 5.75. The number of nitrogens with one attached hydrogen (secondary N) is 1. The zero-order valence-electron chi connectivity index (χ0n) is 17.2. The van der Waals surface area contributed by atoms with E-state index in [2.05, 4.69) is 10.3 Å². The van der Waals surface area contributed by atoms with Gasteiger partial charge in [-0.1, -0.05) is 19.3 Å². The van der Waals surface area contributed by atoms with Gasteiger partial charge in [0, 0.05) is 16.5 Å². The van der Waals surface area contributed by atoms with Gasteiger partial charge in [0.2, 0.25) is 5.91 Å². The van der Waals surface area contributed by atoms with Crippen LogP contribution < -0.4 is 15.0 Å². The third-order valence-corrected chi connectivity index (χ3v) is 6.50. The molecule has 2 amide bonds. The van der Waals surface area contributed by atoms with Crippen molar-refractivity contribution >= 4 is 28.8 Å². The van der Waals surface area contributed by atoms with Crippen LogP contribution in [0.25, 0.3) is 11.3 Å². The van der Waals surface area contributed by atoms with Crippen LogP contribution in [-0.4, -0.2) is 35.5 Å². The second-order valence-corrected chi connectivity index (χ2v) is 9.31. The highest BCUT2D eigenvalue weighted by atomic mass is 32.1. The largest absolute Gasteiger partial charge is 0.479 e. The molecule has 154 valence electrons. The van der Waals surface area contributed by atoms with Gasteiger partial charge in [-0.3, -0.25) is 14.5 Å². The summed E-state index contributed by atoms with van der Waals surface area (Å²) in [5.41, 5.74) is 2.47. The molecule has 1 aliphatic carbocycles. The topological polar surface area (TPSA) is 71.5 Å². The lowest BCUT2D eigenvalue weighted by molar-refractivity contribution is -0.128. The zero-order valence-corrected chi connectivity index (χ0v) is 18.0. The predicted octanol–water partition coefficient (Wildman–Crippen LogP) is 3.99. The van der Waals surface area contributed by atoms with E-state index in [9.17, 15) is 9.59 Å². The molecule has 4 rings (SSSR count). The highest BCUT2D eigenvalue weighted by Crippen LogP contribution is 2.38. The summed E-state index contributed by atoms with van der Waals surface area (Å²) in [6, 6.07) is 5.96. The number of carbonyl (C=O) groups excluding carboxylic acids is 2. The van der Waals surface area contributed by atoms with E-state index in [0.29, 0.717) is 11.4 Å². The van der Waals surface area contributed by atoms with Crippen LogP contribution in [0.15, 0.2) is 18.2 Å².